The third-order valence-corrected chi connectivity index (χ3v) is 21.7. The molecule has 0 unspecified atom stereocenters. The van der Waals surface area contributed by atoms with Crippen LogP contribution in [0.4, 0.5) is 31.9 Å². The van der Waals surface area contributed by atoms with Crippen molar-refractivity contribution in [1.29, 1.82) is 0 Å². The number of phenolic OH excluding ortho intramolecular Hbond substituents is 1. The first-order valence-corrected chi connectivity index (χ1v) is 46.0. The molecule has 17 rings (SSSR count). The predicted molar refractivity (Wildman–Crippen MR) is 572 cm³/mol. The fourth-order valence-electron chi connectivity index (χ4n) is 13.0. The van der Waals surface area contributed by atoms with Crippen LogP contribution in [0.5, 0.6) is 69.0 Å². The van der Waals surface area contributed by atoms with Gasteiger partial charge in [0.1, 0.15) is 88.8 Å². The number of esters is 1. The minimum Gasteiger partial charge on any atom is -0.870 e. The summed E-state index contributed by atoms with van der Waals surface area (Å²) in [4.78, 5) is 70.3. The number of aromatic hydroxyl groups is 1. The number of hydrogen-bond donors (Lipinski definition) is 7. The summed E-state index contributed by atoms with van der Waals surface area (Å²) in [5.74, 6) is 3.57. The Labute approximate surface area is 924 Å². The number of aromatic nitrogens is 3. The maximum absolute atomic E-state index is 12.3. The molecule has 2 aliphatic rings. The number of halogens is 7. The summed E-state index contributed by atoms with van der Waals surface area (Å²) >= 11 is 29.1. The van der Waals surface area contributed by atoms with Crippen molar-refractivity contribution in [3.63, 3.8) is 0 Å². The van der Waals surface area contributed by atoms with Crippen molar-refractivity contribution in [1.82, 2.24) is 19.9 Å². The standard InChI is InChI=1S/C31H23ClN2O5.C23H18ClN3O3.C23H16ClN3O2.C8H14N2.C7H5ClO2.C6H6ClNO.C6H15N.C4H8O.CH3F.ClH.2Na.2H2O/c32-26-16-23(12-11-21(26)15-30(35)39-22-9-5-2-6-10-22)38-28-13-14-34-27-18-29(25(31(33)36)17-24(27)28)37-19-20-7-3-1-4-8-20;24-18-10-15(6-7-19(18)25)30-21-8-9-27-20-12-22(17(23(26)28)11-16(20)21)29-13-14-4-2-1-3-5-14;1-26-21-12-17-20(13-23(21)28-14-15-5-3-2-4-6-15)27-10-9-22(17)29-16-7-8-19(25)18(24)11-16;1-8(2,3)7-4-6(9)5-10-7;8-7(9)10-6-4-2-1-3-5-6;7-5-3-4(9)1-2-6(5)8;1-4-7(5-2)6-3;1-2-4-5-3-1;1-2;;;;;/h1-14,16-18H,15,19H2,(H2,33,36);1-12H,13,25H2,(H2,26,28);2-13H,14,25H2;4H,5,9H2,1-3H3;1-5H;1-3,9H,8H2;4-6H2,1-3H3;1-4H2;1H3;1H;;;2*1H2/q;;;;;;;;;;2*+1;;/p-2/i;;;;;;;;1D;;;;;. The first-order valence-electron chi connectivity index (χ1n) is 44.8. The number of carbonyl (C=O) groups excluding carboxylic acids is 4. The van der Waals surface area contributed by atoms with Gasteiger partial charge in [-0.3, -0.25) is 38.7 Å². The number of primary amides is 2. The smallest absolute Gasteiger partial charge is 0.870 e. The van der Waals surface area contributed by atoms with E-state index in [1.54, 1.807) is 182 Å². The molecule has 754 valence electrons. The molecule has 0 aliphatic carbocycles. The molecule has 28 nitrogen and oxygen atoms in total. The summed E-state index contributed by atoms with van der Waals surface area (Å²) in [6.45, 7) is 27.7. The molecule has 5 heterocycles. The molecule has 0 spiro atoms. The third kappa shape index (κ3) is 41.1. The number of nitrogen functional groups attached to an aromatic ring is 3. The van der Waals surface area contributed by atoms with E-state index in [9.17, 15) is 23.6 Å². The molecule has 2 aliphatic heterocycles. The van der Waals surface area contributed by atoms with Gasteiger partial charge >= 0.3 is 70.5 Å². The Morgan fingerprint density at radius 2 is 0.836 bits per heavy atom. The van der Waals surface area contributed by atoms with Crippen LogP contribution >= 0.6 is 70.4 Å². The second-order valence-electron chi connectivity index (χ2n) is 31.5. The minimum absolute atomic E-state index is 0. The van der Waals surface area contributed by atoms with Crippen molar-refractivity contribution in [3.05, 3.63) is 374 Å². The van der Waals surface area contributed by atoms with E-state index < -0.39 is 30.4 Å². The summed E-state index contributed by atoms with van der Waals surface area (Å²) in [5, 5.41) is 12.2. The summed E-state index contributed by atoms with van der Waals surface area (Å²) in [6.07, 6.45) is 9.38. The quantitative estimate of drug-likeness (QED) is 0.00562. The zero-order valence-electron chi connectivity index (χ0n) is 82.5. The summed E-state index contributed by atoms with van der Waals surface area (Å²) in [5.41, 5.74) is 42.7. The number of nitrogens with zero attached hydrogens (tertiary/aromatic N) is 6. The van der Waals surface area contributed by atoms with Crippen LogP contribution in [0.3, 0.4) is 0 Å². The number of pyridine rings is 3. The molecule has 15 N–H and O–H groups in total. The largest absolute Gasteiger partial charge is 1.00 e. The van der Waals surface area contributed by atoms with Crippen LogP contribution in [0.1, 0.15) is 98.7 Å². The van der Waals surface area contributed by atoms with Crippen LogP contribution in [-0.2, 0) is 35.8 Å². The van der Waals surface area contributed by atoms with Crippen molar-refractivity contribution in [2.45, 2.75) is 80.6 Å². The van der Waals surface area contributed by atoms with Crippen molar-refractivity contribution in [3.8, 4) is 69.0 Å². The van der Waals surface area contributed by atoms with Gasteiger partial charge in [-0.2, -0.15) is 0 Å². The second kappa shape index (κ2) is 65.4. The number of benzene rings is 12. The van der Waals surface area contributed by atoms with E-state index in [4.69, 9.17) is 143 Å². The van der Waals surface area contributed by atoms with Gasteiger partial charge in [-0.05, 0) is 176 Å². The number of para-hydroxylation sites is 2. The molecule has 1 fully saturated rings. The molecule has 37 heteroatoms. The number of fused-ring (bicyclic) bond motifs is 3. The fraction of sp³-hybridized carbons (Fsp3) is 0.183. The zero-order valence-corrected chi connectivity index (χ0v) is 90.1. The van der Waals surface area contributed by atoms with E-state index in [0.717, 1.165) is 41.3 Å². The van der Waals surface area contributed by atoms with Gasteiger partial charge in [-0.1, -0.05) is 221 Å². The van der Waals surface area contributed by atoms with Crippen molar-refractivity contribution < 1.29 is 143 Å². The van der Waals surface area contributed by atoms with E-state index in [1.807, 2.05) is 109 Å². The van der Waals surface area contributed by atoms with Crippen LogP contribution in [0.25, 0.3) is 37.6 Å². The first-order chi connectivity index (χ1) is 68.3. The van der Waals surface area contributed by atoms with E-state index in [-0.39, 0.29) is 118 Å². The van der Waals surface area contributed by atoms with Gasteiger partial charge in [-0.15, -0.1) is 12.4 Å². The number of alkyl halides is 1. The second-order valence-corrected chi connectivity index (χ2v) is 33.5. The third-order valence-electron chi connectivity index (χ3n) is 20.3. The number of hydrogen-bond acceptors (Lipinski definition) is 25. The maximum atomic E-state index is 12.3. The number of anilines is 3. The average Bonchev–Trinajstić information content (AvgIpc) is 1.08. The van der Waals surface area contributed by atoms with E-state index >= 15 is 0 Å². The van der Waals surface area contributed by atoms with Gasteiger partial charge in [-0.25, -0.2) is 9.64 Å². The van der Waals surface area contributed by atoms with Crippen molar-refractivity contribution >= 4 is 155 Å². The Hall–Kier alpha value is -13.0. The van der Waals surface area contributed by atoms with Crippen LogP contribution in [0.2, 0.25) is 20.1 Å². The van der Waals surface area contributed by atoms with E-state index in [0.29, 0.717) is 164 Å². The van der Waals surface area contributed by atoms with Crippen LogP contribution in [-0.4, -0.2) is 111 Å². The molecular weight excluding hydrogens is 2010 g/mol. The molecule has 15 aromatic rings. The van der Waals surface area contributed by atoms with Gasteiger partial charge in [0, 0.05) is 112 Å². The van der Waals surface area contributed by atoms with Crippen LogP contribution < -0.4 is 131 Å². The van der Waals surface area contributed by atoms with Gasteiger partial charge in [0.15, 0.2) is 0 Å². The molecule has 12 aromatic carbocycles. The average molecular weight is 2120 g/mol. The summed E-state index contributed by atoms with van der Waals surface area (Å²) in [6, 6.07) is 81.2. The fourth-order valence-corrected chi connectivity index (χ4v) is 13.8. The number of aliphatic imine (C=N–C) groups is 1. The monoisotopic (exact) mass is 2120 g/mol. The maximum Gasteiger partial charge on any atom is 1.00 e. The molecule has 0 bridgehead atoms. The molecule has 0 radical (unpaired) electrons. The normalized spacial score (nSPS) is 11.1. The Balaban J connectivity index is 0.000000376. The number of carbonyl (C=O) groups is 4. The molecular formula is C109H111Cl6FN12Na2O16. The minimum atomic E-state index is -1.00. The van der Waals surface area contributed by atoms with Gasteiger partial charge in [0.25, 0.3) is 11.8 Å². The molecule has 1 saturated heterocycles. The number of phenols is 1. The number of allylic oxidation sites excluding steroid dienone is 1. The molecule has 0 atom stereocenters. The van der Waals surface area contributed by atoms with Gasteiger partial charge < -0.3 is 98.0 Å². The SMILES string of the molecule is C1CCOC1.CC(C)(C)C1=NCC(N)=C1.CCN(CC)CC.Cl.NC(=O)c1cc2c(Oc3ccc(CC(=O)Oc4ccccc4)c(Cl)c3)ccnc2cc1OCc1ccccc1.NC(=O)c1cc2c(Oc3ccc(N)c(Cl)c3)ccnc2cc1OCc1ccccc1.Nc1ccc(O)cc1Cl.O=C(Cl)Oc1ccccc1.[2H]CF.[C-]#[N+]c1cc2c(Oc3ccc(N)c(Cl)c3)ccnc2cc1OCc1ccccc1.[Na+].[Na+].[OH-].[OH-]. The predicted octanol–water partition coefficient (Wildman–Crippen LogP) is 20.0. The Kier molecular flexibility index (Phi) is 55.3. The van der Waals surface area contributed by atoms with E-state index in [1.165, 1.54) is 44.6 Å². The topological polar surface area (TPSA) is 446 Å². The van der Waals surface area contributed by atoms with Crippen LogP contribution in [0, 0.1) is 12.0 Å². The number of amides is 2. The van der Waals surface area contributed by atoms with Crippen LogP contribution in [0.15, 0.2) is 314 Å². The Bertz CT molecular complexity index is 6790. The van der Waals surface area contributed by atoms with Gasteiger partial charge in [0.05, 0.1) is 87.9 Å². The number of nitrogens with two attached hydrogens (primary N) is 6. The summed E-state index contributed by atoms with van der Waals surface area (Å²) < 4.78 is 66.0. The Morgan fingerprint density at radius 1 is 0.479 bits per heavy atom. The first kappa shape index (κ1) is 123. The summed E-state index contributed by atoms with van der Waals surface area (Å²) in [7, 11) is -1.00. The zero-order chi connectivity index (χ0) is 102. The van der Waals surface area contributed by atoms with Crippen molar-refractivity contribution in [2.24, 2.45) is 27.6 Å². The van der Waals surface area contributed by atoms with Crippen molar-refractivity contribution in [2.75, 3.05) is 63.7 Å². The molecule has 0 saturated carbocycles. The van der Waals surface area contributed by atoms with Gasteiger partial charge in [0.2, 0.25) is 5.69 Å². The molecule has 146 heavy (non-hydrogen) atoms. The Morgan fingerprint density at radius 3 is 1.15 bits per heavy atom. The molecule has 3 aromatic heterocycles. The molecule has 2 amide bonds. The van der Waals surface area contributed by atoms with E-state index in [2.05, 4.69) is 76.0 Å². The number of rotatable bonds is 24. The number of ether oxygens (including phenoxy) is 9.